The van der Waals surface area contributed by atoms with Gasteiger partial charge in [-0.15, -0.1) is 0 Å². The Balaban J connectivity index is 1.47. The quantitative estimate of drug-likeness (QED) is 0.413. The van der Waals surface area contributed by atoms with Gasteiger partial charge in [-0.2, -0.15) is 5.10 Å². The first-order chi connectivity index (χ1) is 18.3. The van der Waals surface area contributed by atoms with E-state index in [1.807, 2.05) is 11.0 Å². The van der Waals surface area contributed by atoms with E-state index in [4.69, 9.17) is 0 Å². The van der Waals surface area contributed by atoms with Crippen LogP contribution in [0, 0.1) is 0 Å². The predicted molar refractivity (Wildman–Crippen MR) is 142 cm³/mol. The van der Waals surface area contributed by atoms with Crippen molar-refractivity contribution in [3.8, 4) is 11.1 Å². The minimum atomic E-state index is -2.62. The molecule has 1 amide bonds. The number of fused-ring (bicyclic) bond motifs is 2. The summed E-state index contributed by atoms with van der Waals surface area (Å²) in [6.07, 6.45) is 5.35. The molecule has 1 aliphatic carbocycles. The molecule has 0 saturated heterocycles. The topological polar surface area (TPSA) is 58.4 Å². The number of rotatable bonds is 4. The second-order valence-electron chi connectivity index (χ2n) is 10.9. The molecule has 3 aliphatic rings. The molecular formula is C30H32F2N4O2. The highest BCUT2D eigenvalue weighted by atomic mass is 19.3. The van der Waals surface area contributed by atoms with E-state index in [0.717, 1.165) is 60.3 Å². The summed E-state index contributed by atoms with van der Waals surface area (Å²) in [5.74, 6) is 0.633. The van der Waals surface area contributed by atoms with Crippen molar-refractivity contribution in [2.75, 3.05) is 11.4 Å². The van der Waals surface area contributed by atoms with Crippen LogP contribution < -0.4 is 4.90 Å². The van der Waals surface area contributed by atoms with Gasteiger partial charge in [0.25, 0.3) is 6.43 Å². The van der Waals surface area contributed by atoms with E-state index in [-0.39, 0.29) is 17.4 Å². The molecule has 198 valence electrons. The van der Waals surface area contributed by atoms with Gasteiger partial charge in [0.15, 0.2) is 0 Å². The number of ketones is 1. The highest BCUT2D eigenvalue weighted by Crippen LogP contribution is 2.45. The zero-order chi connectivity index (χ0) is 26.6. The molecule has 1 aromatic heterocycles. The highest BCUT2D eigenvalue weighted by molar-refractivity contribution is 5.81. The van der Waals surface area contributed by atoms with Gasteiger partial charge in [0.1, 0.15) is 5.78 Å². The number of carbonyl (C=O) groups is 2. The highest BCUT2D eigenvalue weighted by Gasteiger charge is 2.32. The van der Waals surface area contributed by atoms with Crippen LogP contribution in [0.15, 0.2) is 36.7 Å². The first kappa shape index (κ1) is 24.8. The molecule has 6 nitrogen and oxygen atoms in total. The fourth-order valence-corrected chi connectivity index (χ4v) is 6.38. The van der Waals surface area contributed by atoms with E-state index in [1.54, 1.807) is 37.1 Å². The third kappa shape index (κ3) is 4.40. The van der Waals surface area contributed by atoms with Gasteiger partial charge in [0.05, 0.1) is 6.20 Å². The Hall–Kier alpha value is -3.55. The average molecular weight is 519 g/mol. The lowest BCUT2D eigenvalue weighted by atomic mass is 9.82. The van der Waals surface area contributed by atoms with Crippen LogP contribution in [0.4, 0.5) is 20.2 Å². The molecule has 2 aromatic carbocycles. The molecule has 3 aromatic rings. The number of hydrogen-bond acceptors (Lipinski definition) is 4. The summed E-state index contributed by atoms with van der Waals surface area (Å²) >= 11 is 0. The average Bonchev–Trinajstić information content (AvgIpc) is 3.54. The Labute approximate surface area is 221 Å². The summed E-state index contributed by atoms with van der Waals surface area (Å²) in [6, 6.07) is 7.99. The second-order valence-corrected chi connectivity index (χ2v) is 10.9. The minimum absolute atomic E-state index is 0.00704. The summed E-state index contributed by atoms with van der Waals surface area (Å²) < 4.78 is 30.4. The van der Waals surface area contributed by atoms with E-state index in [1.165, 1.54) is 5.56 Å². The molecule has 38 heavy (non-hydrogen) atoms. The van der Waals surface area contributed by atoms with Crippen molar-refractivity contribution < 1.29 is 18.4 Å². The van der Waals surface area contributed by atoms with Crippen LogP contribution in [-0.4, -0.2) is 32.9 Å². The monoisotopic (exact) mass is 518 g/mol. The lowest BCUT2D eigenvalue weighted by Gasteiger charge is -2.35. The molecule has 0 radical (unpaired) electrons. The molecule has 0 unspecified atom stereocenters. The molecule has 8 heteroatoms. The van der Waals surface area contributed by atoms with Gasteiger partial charge in [-0.05, 0) is 72.1 Å². The molecular weight excluding hydrogens is 486 g/mol. The molecule has 0 bridgehead atoms. The number of halogens is 2. The molecule has 0 atom stereocenters. The Morgan fingerprint density at radius 3 is 2.50 bits per heavy atom. The Morgan fingerprint density at radius 1 is 1.03 bits per heavy atom. The predicted octanol–water partition coefficient (Wildman–Crippen LogP) is 6.20. The number of carbonyl (C=O) groups excluding carboxylic acids is 2. The SMILES string of the molecule is CC(=O)N1Cc2cc(C3CCC(=O)CC3)cc(N3CCCc4cc(-c5cnn(C)c5)c(C(F)F)cc43)c2C1. The van der Waals surface area contributed by atoms with E-state index in [9.17, 15) is 18.4 Å². The summed E-state index contributed by atoms with van der Waals surface area (Å²) in [5, 5.41) is 4.20. The van der Waals surface area contributed by atoms with E-state index < -0.39 is 6.43 Å². The van der Waals surface area contributed by atoms with Gasteiger partial charge in [0.2, 0.25) is 5.91 Å². The van der Waals surface area contributed by atoms with Crippen LogP contribution in [0.25, 0.3) is 11.1 Å². The molecule has 0 spiro atoms. The van der Waals surface area contributed by atoms with Crippen molar-refractivity contribution in [2.45, 2.75) is 70.9 Å². The fraction of sp³-hybridized carbons (Fsp3) is 0.433. The maximum absolute atomic E-state index is 14.4. The lowest BCUT2D eigenvalue weighted by molar-refractivity contribution is -0.129. The van der Waals surface area contributed by atoms with Crippen LogP contribution in [0.1, 0.15) is 79.2 Å². The first-order valence-electron chi connectivity index (χ1n) is 13.4. The van der Waals surface area contributed by atoms with Crippen molar-refractivity contribution in [3.05, 3.63) is 64.5 Å². The number of hydrogen-bond donors (Lipinski definition) is 0. The Morgan fingerprint density at radius 2 is 1.82 bits per heavy atom. The first-order valence-corrected chi connectivity index (χ1v) is 13.4. The second kappa shape index (κ2) is 9.64. The molecule has 2 aliphatic heterocycles. The number of nitrogens with zero attached hydrogens (tertiary/aromatic N) is 4. The van der Waals surface area contributed by atoms with Crippen LogP contribution in [-0.2, 0) is 36.1 Å². The number of alkyl halides is 2. The number of anilines is 2. The van der Waals surface area contributed by atoms with E-state index in [2.05, 4.69) is 22.1 Å². The van der Waals surface area contributed by atoms with Crippen molar-refractivity contribution in [2.24, 2.45) is 7.05 Å². The van der Waals surface area contributed by atoms with Crippen molar-refractivity contribution in [1.82, 2.24) is 14.7 Å². The van der Waals surface area contributed by atoms with Crippen molar-refractivity contribution in [3.63, 3.8) is 0 Å². The number of aromatic nitrogens is 2. The van der Waals surface area contributed by atoms with E-state index in [0.29, 0.717) is 42.8 Å². The molecule has 1 saturated carbocycles. The molecule has 1 fully saturated rings. The summed E-state index contributed by atoms with van der Waals surface area (Å²) in [7, 11) is 1.78. The third-order valence-corrected chi connectivity index (χ3v) is 8.42. The Bertz CT molecular complexity index is 1420. The number of benzene rings is 2. The zero-order valence-corrected chi connectivity index (χ0v) is 21.8. The zero-order valence-electron chi connectivity index (χ0n) is 21.8. The normalized spacial score (nSPS) is 17.8. The third-order valence-electron chi connectivity index (χ3n) is 8.42. The van der Waals surface area contributed by atoms with Crippen molar-refractivity contribution >= 4 is 23.1 Å². The van der Waals surface area contributed by atoms with Crippen LogP contribution in [0.3, 0.4) is 0 Å². The van der Waals surface area contributed by atoms with Gasteiger partial charge in [-0.3, -0.25) is 14.3 Å². The number of amides is 1. The lowest BCUT2D eigenvalue weighted by Crippen LogP contribution is -2.27. The van der Waals surface area contributed by atoms with Crippen LogP contribution in [0.5, 0.6) is 0 Å². The van der Waals surface area contributed by atoms with Gasteiger partial charge >= 0.3 is 0 Å². The van der Waals surface area contributed by atoms with Crippen LogP contribution in [0.2, 0.25) is 0 Å². The number of Topliss-reactive ketones (excluding diaryl/α,β-unsaturated/α-hetero) is 1. The maximum Gasteiger partial charge on any atom is 0.264 e. The number of aryl methyl sites for hydroxylation is 2. The smallest absolute Gasteiger partial charge is 0.264 e. The van der Waals surface area contributed by atoms with Gasteiger partial charge < -0.3 is 9.80 Å². The Kier molecular flexibility index (Phi) is 6.28. The van der Waals surface area contributed by atoms with Gasteiger partial charge in [-0.25, -0.2) is 8.78 Å². The van der Waals surface area contributed by atoms with E-state index >= 15 is 0 Å². The van der Waals surface area contributed by atoms with Gasteiger partial charge in [0, 0.05) is 80.7 Å². The summed E-state index contributed by atoms with van der Waals surface area (Å²) in [5.41, 5.74) is 7.50. The standard InChI is InChI=1S/C30H32F2N4O2/c1-18(37)35-16-22-10-21(19-5-7-24(38)8-6-19)12-29(27(22)17-35)36-9-3-4-20-11-25(23-14-33-34(2)15-23)26(30(31)32)13-28(20)36/h10-15,19,30H,3-9,16-17H2,1-2H3. The fourth-order valence-electron chi connectivity index (χ4n) is 6.38. The van der Waals surface area contributed by atoms with Gasteiger partial charge in [-0.1, -0.05) is 6.07 Å². The summed E-state index contributed by atoms with van der Waals surface area (Å²) in [4.78, 5) is 28.2. The largest absolute Gasteiger partial charge is 0.341 e. The van der Waals surface area contributed by atoms with Crippen molar-refractivity contribution in [1.29, 1.82) is 0 Å². The molecule has 6 rings (SSSR count). The maximum atomic E-state index is 14.4. The molecule has 0 N–H and O–H groups in total. The molecule has 3 heterocycles. The minimum Gasteiger partial charge on any atom is -0.341 e. The van der Waals surface area contributed by atoms with Crippen LogP contribution >= 0.6 is 0 Å². The summed E-state index contributed by atoms with van der Waals surface area (Å²) in [6.45, 7) is 3.39.